The van der Waals surface area contributed by atoms with Gasteiger partial charge in [-0.2, -0.15) is 0 Å². The van der Waals surface area contributed by atoms with Crippen molar-refractivity contribution < 1.29 is 9.47 Å². The number of methoxy groups -OCH3 is 1. The van der Waals surface area contributed by atoms with Crippen LogP contribution in [-0.2, 0) is 4.74 Å². The molecule has 24 heavy (non-hydrogen) atoms. The number of thioether (sulfide) groups is 1. The highest BCUT2D eigenvalue weighted by molar-refractivity contribution is 14.0. The van der Waals surface area contributed by atoms with Crippen LogP contribution in [-0.4, -0.2) is 45.1 Å². The van der Waals surface area contributed by atoms with Gasteiger partial charge in [0.05, 0.1) is 7.11 Å². The van der Waals surface area contributed by atoms with Crippen molar-refractivity contribution in [3.8, 4) is 5.75 Å². The van der Waals surface area contributed by atoms with Gasteiger partial charge in [0.1, 0.15) is 5.75 Å². The molecule has 3 N–H and O–H groups in total. The van der Waals surface area contributed by atoms with Crippen LogP contribution in [0.1, 0.15) is 20.3 Å². The van der Waals surface area contributed by atoms with Crippen LogP contribution in [0.5, 0.6) is 5.75 Å². The Morgan fingerprint density at radius 1 is 1.38 bits per heavy atom. The predicted molar refractivity (Wildman–Crippen MR) is 114 cm³/mol. The lowest BCUT2D eigenvalue weighted by molar-refractivity contribution is 0.145. The highest BCUT2D eigenvalue weighted by atomic mass is 127. The van der Waals surface area contributed by atoms with Crippen LogP contribution in [0.4, 0.5) is 0 Å². The van der Waals surface area contributed by atoms with Gasteiger partial charge < -0.3 is 20.5 Å². The van der Waals surface area contributed by atoms with Crippen LogP contribution < -0.4 is 15.8 Å². The van der Waals surface area contributed by atoms with Gasteiger partial charge in [-0.15, -0.1) is 35.7 Å². The Morgan fingerprint density at radius 3 is 2.83 bits per heavy atom. The van der Waals surface area contributed by atoms with E-state index in [4.69, 9.17) is 15.2 Å². The van der Waals surface area contributed by atoms with Crippen LogP contribution in [0.2, 0.25) is 0 Å². The van der Waals surface area contributed by atoms with Crippen LogP contribution in [0.25, 0.3) is 0 Å². The monoisotopic (exact) mass is 467 g/mol. The van der Waals surface area contributed by atoms with Crippen molar-refractivity contribution in [3.63, 3.8) is 0 Å². The fraction of sp³-hybridized carbons (Fsp3) is 0.588. The maximum absolute atomic E-state index is 5.86. The molecular formula is C17H30IN3O2S. The fourth-order valence-electron chi connectivity index (χ4n) is 1.87. The minimum atomic E-state index is 0. The summed E-state index contributed by atoms with van der Waals surface area (Å²) >= 11 is 1.79. The van der Waals surface area contributed by atoms with E-state index in [0.717, 1.165) is 42.6 Å². The minimum absolute atomic E-state index is 0. The van der Waals surface area contributed by atoms with Gasteiger partial charge in [-0.05, 0) is 31.4 Å². The van der Waals surface area contributed by atoms with Crippen molar-refractivity contribution in [2.75, 3.05) is 39.2 Å². The molecule has 7 heteroatoms. The Balaban J connectivity index is 0.00000529. The topological polar surface area (TPSA) is 68.9 Å². The van der Waals surface area contributed by atoms with Crippen molar-refractivity contribution in [1.29, 1.82) is 0 Å². The number of para-hydroxylation sites is 1. The highest BCUT2D eigenvalue weighted by Gasteiger charge is 2.06. The molecule has 0 aliphatic rings. The van der Waals surface area contributed by atoms with Gasteiger partial charge in [-0.3, -0.25) is 4.99 Å². The lowest BCUT2D eigenvalue weighted by Crippen LogP contribution is -2.33. The average Bonchev–Trinajstić information content (AvgIpc) is 2.58. The zero-order valence-corrected chi connectivity index (χ0v) is 17.9. The number of rotatable bonds is 11. The van der Waals surface area contributed by atoms with E-state index in [-0.39, 0.29) is 24.0 Å². The number of ether oxygens (including phenoxy) is 2. The third-order valence-corrected chi connectivity index (χ3v) is 4.53. The number of aliphatic imine (C=N–C) groups is 1. The molecule has 0 radical (unpaired) electrons. The Labute approximate surface area is 167 Å². The van der Waals surface area contributed by atoms with Crippen molar-refractivity contribution in [3.05, 3.63) is 24.3 Å². The lowest BCUT2D eigenvalue weighted by atomic mass is 10.2. The first-order chi connectivity index (χ1) is 11.2. The maximum atomic E-state index is 5.86. The zero-order chi connectivity index (χ0) is 16.9. The SMILES string of the molecule is CCOCCCNC(N)=NCC(C)CSc1ccccc1OC.I. The average molecular weight is 467 g/mol. The summed E-state index contributed by atoms with van der Waals surface area (Å²) in [5.41, 5.74) is 5.86. The Kier molecular flexibility index (Phi) is 14.2. The Hall–Kier alpha value is -0.670. The number of halogens is 1. The molecule has 1 unspecified atom stereocenters. The molecule has 138 valence electrons. The molecule has 0 saturated heterocycles. The standard InChI is InChI=1S/C17H29N3O2S.HI/c1-4-22-11-7-10-19-17(18)20-12-14(2)13-23-16-9-6-5-8-15(16)21-3;/h5-6,8-9,14H,4,7,10-13H2,1-3H3,(H3,18,19,20);1H. The summed E-state index contributed by atoms with van der Waals surface area (Å²) in [4.78, 5) is 5.55. The van der Waals surface area contributed by atoms with Gasteiger partial charge in [0.2, 0.25) is 0 Å². The molecule has 0 spiro atoms. The van der Waals surface area contributed by atoms with Crippen molar-refractivity contribution in [2.24, 2.45) is 16.6 Å². The molecule has 0 fully saturated rings. The normalized spacial score (nSPS) is 12.4. The summed E-state index contributed by atoms with van der Waals surface area (Å²) in [6, 6.07) is 8.06. The first kappa shape index (κ1) is 23.3. The van der Waals surface area contributed by atoms with Crippen molar-refractivity contribution >= 4 is 41.7 Å². The molecule has 5 nitrogen and oxygen atoms in total. The summed E-state index contributed by atoms with van der Waals surface area (Å²) in [5.74, 6) is 2.84. The Bertz CT molecular complexity index is 475. The summed E-state index contributed by atoms with van der Waals surface area (Å²) in [5, 5.41) is 3.11. The molecule has 1 atom stereocenters. The zero-order valence-electron chi connectivity index (χ0n) is 14.8. The van der Waals surface area contributed by atoms with Gasteiger partial charge in [0.25, 0.3) is 0 Å². The molecule has 0 saturated carbocycles. The minimum Gasteiger partial charge on any atom is -0.496 e. The van der Waals surface area contributed by atoms with E-state index in [1.807, 2.05) is 25.1 Å². The van der Waals surface area contributed by atoms with E-state index >= 15 is 0 Å². The van der Waals surface area contributed by atoms with E-state index in [9.17, 15) is 0 Å². The third-order valence-electron chi connectivity index (χ3n) is 3.14. The number of hydrogen-bond acceptors (Lipinski definition) is 4. The number of benzene rings is 1. The number of guanidine groups is 1. The molecule has 1 aromatic carbocycles. The third kappa shape index (κ3) is 10.2. The number of nitrogens with one attached hydrogen (secondary N) is 1. The summed E-state index contributed by atoms with van der Waals surface area (Å²) in [7, 11) is 1.70. The van der Waals surface area contributed by atoms with E-state index in [1.54, 1.807) is 18.9 Å². The fourth-order valence-corrected chi connectivity index (χ4v) is 2.91. The highest BCUT2D eigenvalue weighted by Crippen LogP contribution is 2.29. The van der Waals surface area contributed by atoms with E-state index in [2.05, 4.69) is 23.3 Å². The number of nitrogens with two attached hydrogens (primary N) is 1. The van der Waals surface area contributed by atoms with Crippen molar-refractivity contribution in [1.82, 2.24) is 5.32 Å². The van der Waals surface area contributed by atoms with Gasteiger partial charge >= 0.3 is 0 Å². The van der Waals surface area contributed by atoms with Gasteiger partial charge in [0.15, 0.2) is 5.96 Å². The molecule has 0 amide bonds. The van der Waals surface area contributed by atoms with Crippen LogP contribution in [0.3, 0.4) is 0 Å². The van der Waals surface area contributed by atoms with Gasteiger partial charge in [-0.1, -0.05) is 19.1 Å². The first-order valence-corrected chi connectivity index (χ1v) is 9.03. The molecule has 0 aliphatic heterocycles. The summed E-state index contributed by atoms with van der Waals surface area (Å²) in [6.07, 6.45) is 0.934. The summed E-state index contributed by atoms with van der Waals surface area (Å²) in [6.45, 7) is 7.18. The Morgan fingerprint density at radius 2 is 2.12 bits per heavy atom. The maximum Gasteiger partial charge on any atom is 0.188 e. The smallest absolute Gasteiger partial charge is 0.188 e. The molecular weight excluding hydrogens is 437 g/mol. The largest absolute Gasteiger partial charge is 0.496 e. The molecule has 0 heterocycles. The van der Waals surface area contributed by atoms with Gasteiger partial charge in [-0.25, -0.2) is 0 Å². The molecule has 1 aromatic rings. The summed E-state index contributed by atoms with van der Waals surface area (Å²) < 4.78 is 10.6. The quantitative estimate of drug-likeness (QED) is 0.172. The van der Waals surface area contributed by atoms with E-state index in [0.29, 0.717) is 18.4 Å². The first-order valence-electron chi connectivity index (χ1n) is 8.04. The molecule has 0 bridgehead atoms. The second kappa shape index (κ2) is 14.7. The van der Waals surface area contributed by atoms with Crippen LogP contribution >= 0.6 is 35.7 Å². The van der Waals surface area contributed by atoms with Gasteiger partial charge in [0, 0.05) is 37.0 Å². The molecule has 0 aromatic heterocycles. The number of hydrogen-bond donors (Lipinski definition) is 2. The molecule has 0 aliphatic carbocycles. The van der Waals surface area contributed by atoms with Crippen LogP contribution in [0, 0.1) is 5.92 Å². The van der Waals surface area contributed by atoms with E-state index < -0.39 is 0 Å². The number of nitrogens with zero attached hydrogens (tertiary/aromatic N) is 1. The van der Waals surface area contributed by atoms with E-state index in [1.165, 1.54) is 0 Å². The second-order valence-electron chi connectivity index (χ2n) is 5.27. The molecule has 1 rings (SSSR count). The lowest BCUT2D eigenvalue weighted by Gasteiger charge is -2.12. The van der Waals surface area contributed by atoms with Crippen molar-refractivity contribution in [2.45, 2.75) is 25.2 Å². The van der Waals surface area contributed by atoms with Crippen LogP contribution in [0.15, 0.2) is 34.2 Å². The predicted octanol–water partition coefficient (Wildman–Crippen LogP) is 3.37. The second-order valence-corrected chi connectivity index (χ2v) is 6.33.